The molecule has 0 N–H and O–H groups in total. The average molecular weight is 362 g/mol. The van der Waals surface area contributed by atoms with E-state index in [1.165, 1.54) is 4.90 Å². The fourth-order valence-corrected chi connectivity index (χ4v) is 3.20. The second-order valence-electron chi connectivity index (χ2n) is 5.18. The van der Waals surface area contributed by atoms with Crippen LogP contribution in [0.15, 0.2) is 16.6 Å². The van der Waals surface area contributed by atoms with E-state index >= 15 is 0 Å². The summed E-state index contributed by atoms with van der Waals surface area (Å²) in [7, 11) is 0. The number of ether oxygens (including phenoxy) is 2. The van der Waals surface area contributed by atoms with Gasteiger partial charge in [0.05, 0.1) is 19.8 Å². The number of carbonyl (C=O) groups is 1. The maximum atomic E-state index is 13.9. The van der Waals surface area contributed by atoms with E-state index in [0.717, 1.165) is 12.1 Å². The van der Waals surface area contributed by atoms with Gasteiger partial charge in [-0.05, 0) is 18.6 Å². The van der Waals surface area contributed by atoms with Crippen molar-refractivity contribution in [3.63, 3.8) is 0 Å². The molecule has 4 nitrogen and oxygen atoms in total. The summed E-state index contributed by atoms with van der Waals surface area (Å²) in [5.41, 5.74) is -0.534. The quantitative estimate of drug-likeness (QED) is 0.771. The van der Waals surface area contributed by atoms with Crippen molar-refractivity contribution in [1.29, 1.82) is 0 Å². The number of benzene rings is 1. The zero-order valence-corrected chi connectivity index (χ0v) is 12.8. The summed E-state index contributed by atoms with van der Waals surface area (Å²) in [5, 5.41) is 0. The number of piperidine rings is 1. The van der Waals surface area contributed by atoms with Crippen LogP contribution in [0.2, 0.25) is 0 Å². The Morgan fingerprint density at radius 3 is 2.48 bits per heavy atom. The van der Waals surface area contributed by atoms with Gasteiger partial charge >= 0.3 is 0 Å². The Labute approximate surface area is 129 Å². The van der Waals surface area contributed by atoms with Gasteiger partial charge in [0.15, 0.2) is 5.79 Å². The van der Waals surface area contributed by atoms with Gasteiger partial charge in [0, 0.05) is 17.4 Å². The molecule has 2 heterocycles. The first-order valence-corrected chi connectivity index (χ1v) is 7.52. The lowest BCUT2D eigenvalue weighted by Crippen LogP contribution is -2.51. The second kappa shape index (κ2) is 5.62. The molecule has 0 saturated carbocycles. The zero-order chi connectivity index (χ0) is 15.0. The highest BCUT2D eigenvalue weighted by molar-refractivity contribution is 9.10. The molecule has 0 bridgehead atoms. The first-order valence-electron chi connectivity index (χ1n) is 6.72. The summed E-state index contributed by atoms with van der Waals surface area (Å²) in [6, 6.07) is 2.16. The zero-order valence-electron chi connectivity index (χ0n) is 11.2. The van der Waals surface area contributed by atoms with E-state index < -0.39 is 28.9 Å². The molecule has 0 aromatic heterocycles. The minimum atomic E-state index is -0.875. The van der Waals surface area contributed by atoms with Crippen LogP contribution in [0, 0.1) is 11.6 Å². The fraction of sp³-hybridized carbons (Fsp3) is 0.500. The number of amides is 1. The third-order valence-electron chi connectivity index (χ3n) is 3.74. The van der Waals surface area contributed by atoms with E-state index in [2.05, 4.69) is 15.9 Å². The molecular formula is C14H14BrF2NO3. The van der Waals surface area contributed by atoms with E-state index in [1.54, 1.807) is 0 Å². The molecule has 0 radical (unpaired) electrons. The van der Waals surface area contributed by atoms with Crippen LogP contribution < -0.4 is 0 Å². The Kier molecular flexibility index (Phi) is 3.98. The van der Waals surface area contributed by atoms with Gasteiger partial charge in [-0.15, -0.1) is 0 Å². The Hall–Kier alpha value is -1.05. The fourth-order valence-electron chi connectivity index (χ4n) is 2.80. The highest BCUT2D eigenvalue weighted by Gasteiger charge is 2.42. The minimum absolute atomic E-state index is 0.195. The van der Waals surface area contributed by atoms with E-state index in [0.29, 0.717) is 32.6 Å². The Morgan fingerprint density at radius 1 is 1.24 bits per heavy atom. The van der Waals surface area contributed by atoms with Gasteiger partial charge in [-0.25, -0.2) is 8.78 Å². The smallest absolute Gasteiger partial charge is 0.260 e. The number of nitrogens with zero attached hydrogens (tertiary/aromatic N) is 1. The number of carbonyl (C=O) groups excluding carboxylic acids is 1. The topological polar surface area (TPSA) is 38.8 Å². The minimum Gasteiger partial charge on any atom is -0.346 e. The van der Waals surface area contributed by atoms with Crippen LogP contribution in [0.25, 0.3) is 0 Å². The van der Waals surface area contributed by atoms with Crippen molar-refractivity contribution in [3.8, 4) is 0 Å². The van der Waals surface area contributed by atoms with Gasteiger partial charge in [0.1, 0.15) is 17.2 Å². The molecule has 1 aromatic carbocycles. The SMILES string of the molecule is O=C(c1c(F)cc(Br)cc1F)N1CCCC2(C1)OCCO2. The normalized spacial score (nSPS) is 21.0. The Bertz CT molecular complexity index is 552. The summed E-state index contributed by atoms with van der Waals surface area (Å²) in [5.74, 6) is -3.23. The van der Waals surface area contributed by atoms with Crippen molar-refractivity contribution in [2.24, 2.45) is 0 Å². The predicted molar refractivity (Wildman–Crippen MR) is 73.8 cm³/mol. The van der Waals surface area contributed by atoms with E-state index in [1.807, 2.05) is 0 Å². The van der Waals surface area contributed by atoms with Crippen molar-refractivity contribution in [1.82, 2.24) is 4.90 Å². The third-order valence-corrected chi connectivity index (χ3v) is 4.20. The molecule has 2 saturated heterocycles. The number of likely N-dealkylation sites (tertiary alicyclic amines) is 1. The van der Waals surface area contributed by atoms with Crippen LogP contribution in [-0.2, 0) is 9.47 Å². The molecule has 114 valence electrons. The van der Waals surface area contributed by atoms with Crippen molar-refractivity contribution < 1.29 is 23.0 Å². The lowest BCUT2D eigenvalue weighted by molar-refractivity contribution is -0.183. The number of halogens is 3. The van der Waals surface area contributed by atoms with Crippen molar-refractivity contribution >= 4 is 21.8 Å². The molecule has 0 atom stereocenters. The molecule has 0 aliphatic carbocycles. The molecule has 2 aliphatic heterocycles. The molecule has 0 unspecified atom stereocenters. The van der Waals surface area contributed by atoms with Crippen molar-refractivity contribution in [2.45, 2.75) is 18.6 Å². The Balaban J connectivity index is 1.85. The highest BCUT2D eigenvalue weighted by Crippen LogP contribution is 2.31. The van der Waals surface area contributed by atoms with Crippen LogP contribution in [0.1, 0.15) is 23.2 Å². The molecule has 3 rings (SSSR count). The lowest BCUT2D eigenvalue weighted by Gasteiger charge is -2.38. The van der Waals surface area contributed by atoms with E-state index in [-0.39, 0.29) is 11.0 Å². The molecule has 2 aliphatic rings. The van der Waals surface area contributed by atoms with Crippen molar-refractivity contribution in [2.75, 3.05) is 26.3 Å². The highest BCUT2D eigenvalue weighted by atomic mass is 79.9. The van der Waals surface area contributed by atoms with E-state index in [4.69, 9.17) is 9.47 Å². The number of hydrogen-bond acceptors (Lipinski definition) is 3. The van der Waals surface area contributed by atoms with Crippen LogP contribution in [0.5, 0.6) is 0 Å². The number of rotatable bonds is 1. The third kappa shape index (κ3) is 2.82. The second-order valence-corrected chi connectivity index (χ2v) is 6.10. The molecular weight excluding hydrogens is 348 g/mol. The maximum Gasteiger partial charge on any atom is 0.260 e. The largest absolute Gasteiger partial charge is 0.346 e. The van der Waals surface area contributed by atoms with Crippen molar-refractivity contribution in [3.05, 3.63) is 33.8 Å². The van der Waals surface area contributed by atoms with Gasteiger partial charge in [0.2, 0.25) is 0 Å². The molecule has 1 amide bonds. The summed E-state index contributed by atoms with van der Waals surface area (Å²) in [6.07, 6.45) is 1.35. The standard InChI is InChI=1S/C14H14BrF2NO3/c15-9-6-10(16)12(11(17)7-9)13(19)18-3-1-2-14(8-18)20-4-5-21-14/h6-7H,1-5,8H2. The summed E-state index contributed by atoms with van der Waals surface area (Å²) >= 11 is 3.00. The molecule has 2 fully saturated rings. The summed E-state index contributed by atoms with van der Waals surface area (Å²) < 4.78 is 39.2. The predicted octanol–water partition coefficient (Wildman–Crippen LogP) is 2.71. The summed E-state index contributed by atoms with van der Waals surface area (Å²) in [6.45, 7) is 1.58. The van der Waals surface area contributed by atoms with Gasteiger partial charge < -0.3 is 14.4 Å². The Morgan fingerprint density at radius 2 is 1.86 bits per heavy atom. The number of hydrogen-bond donors (Lipinski definition) is 0. The first kappa shape index (κ1) is 14.9. The van der Waals surface area contributed by atoms with Gasteiger partial charge in [-0.1, -0.05) is 15.9 Å². The lowest BCUT2D eigenvalue weighted by atomic mass is 10.0. The maximum absolute atomic E-state index is 13.9. The van der Waals surface area contributed by atoms with Crippen LogP contribution in [-0.4, -0.2) is 42.9 Å². The van der Waals surface area contributed by atoms with Gasteiger partial charge in [-0.2, -0.15) is 0 Å². The molecule has 21 heavy (non-hydrogen) atoms. The monoisotopic (exact) mass is 361 g/mol. The molecule has 1 spiro atoms. The van der Waals surface area contributed by atoms with Gasteiger partial charge in [0.25, 0.3) is 5.91 Å². The van der Waals surface area contributed by atoms with Crippen LogP contribution >= 0.6 is 15.9 Å². The van der Waals surface area contributed by atoms with E-state index in [9.17, 15) is 13.6 Å². The summed E-state index contributed by atoms with van der Waals surface area (Å²) in [4.78, 5) is 13.8. The van der Waals surface area contributed by atoms with Crippen LogP contribution in [0.3, 0.4) is 0 Å². The molecule has 7 heteroatoms. The average Bonchev–Trinajstić information content (AvgIpc) is 2.85. The first-order chi connectivity index (χ1) is 10.0. The molecule has 1 aromatic rings. The van der Waals surface area contributed by atoms with Gasteiger partial charge in [-0.3, -0.25) is 4.79 Å². The van der Waals surface area contributed by atoms with Crippen LogP contribution in [0.4, 0.5) is 8.78 Å².